The van der Waals surface area contributed by atoms with Crippen LogP contribution in [0.15, 0.2) is 206 Å². The van der Waals surface area contributed by atoms with Crippen molar-refractivity contribution in [3.63, 3.8) is 0 Å². The number of ether oxygens (including phenoxy) is 2. The van der Waals surface area contributed by atoms with Crippen molar-refractivity contribution in [3.8, 4) is 0 Å². The summed E-state index contributed by atoms with van der Waals surface area (Å²) in [6, 6.07) is 61.5. The molecule has 3 aliphatic heterocycles. The lowest BCUT2D eigenvalue weighted by atomic mass is 9.74. The molecule has 0 bridgehead atoms. The van der Waals surface area contributed by atoms with E-state index in [9.17, 15) is 29.1 Å². The molecule has 0 spiro atoms. The molecular weight excluding hydrogens is 1350 g/mol. The highest BCUT2D eigenvalue weighted by Crippen LogP contribution is 2.57. The molecule has 7 aromatic rings. The minimum Gasteiger partial charge on any atom is -0.458 e. The summed E-state index contributed by atoms with van der Waals surface area (Å²) in [7, 11) is 0. The highest BCUT2D eigenvalue weighted by atomic mass is 32.2. The van der Waals surface area contributed by atoms with Gasteiger partial charge in [-0.2, -0.15) is 0 Å². The summed E-state index contributed by atoms with van der Waals surface area (Å²) in [6.45, 7) is 19.8. The van der Waals surface area contributed by atoms with Crippen LogP contribution in [-0.4, -0.2) is 135 Å². The molecule has 19 heteroatoms. The Morgan fingerprint density at radius 2 is 1.04 bits per heavy atom. The Hall–Kier alpha value is -9.27. The number of amides is 5. The molecule has 106 heavy (non-hydrogen) atoms. The Morgan fingerprint density at radius 3 is 1.52 bits per heavy atom. The zero-order valence-electron chi connectivity index (χ0n) is 63.0. The highest BCUT2D eigenvalue weighted by Gasteiger charge is 2.65. The van der Waals surface area contributed by atoms with E-state index in [-0.39, 0.29) is 56.7 Å². The minimum atomic E-state index is -1.57. The highest BCUT2D eigenvalue weighted by molar-refractivity contribution is 8.00. The molecule has 6 N–H and O–H groups in total. The van der Waals surface area contributed by atoms with Gasteiger partial charge in [0.15, 0.2) is 11.6 Å². The second kappa shape index (κ2) is 34.5. The molecule has 3 unspecified atom stereocenters. The maximum absolute atomic E-state index is 15.6. The van der Waals surface area contributed by atoms with Gasteiger partial charge in [0.05, 0.1) is 46.7 Å². The van der Waals surface area contributed by atoms with Crippen molar-refractivity contribution in [2.24, 2.45) is 17.8 Å². The Morgan fingerprint density at radius 1 is 0.557 bits per heavy atom. The van der Waals surface area contributed by atoms with Gasteiger partial charge < -0.3 is 46.1 Å². The van der Waals surface area contributed by atoms with Gasteiger partial charge in [-0.3, -0.25) is 38.5 Å². The predicted molar refractivity (Wildman–Crippen MR) is 415 cm³/mol. The number of benzene rings is 7. The fourth-order valence-corrected chi connectivity index (χ4v) is 17.0. The SMILES string of the molecule is CC[C@H](CC(=O)[C@H](CSC(c1ccccc1)(c1ccccc1)c1ccccc1)NC(=O)CCC(=O)[C@@H](NC(=O)CNC(=O)C1CC2(O)c3ccccc3NC2N1C(c1ccccc1)(c1ccccc1)c1ccccc1)[C@@H](C)CC)C(=O)N1C[C@H](OC(C)(C)C)C[C@H]1C(=O)N[C@H](C(=O)OC(C)(C)C)[C@@H](C)CC. The minimum absolute atomic E-state index is 0.00508. The van der Waals surface area contributed by atoms with Crippen molar-refractivity contribution in [3.05, 3.63) is 245 Å². The Labute approximate surface area is 629 Å². The van der Waals surface area contributed by atoms with Crippen LogP contribution in [0.2, 0.25) is 0 Å². The molecule has 2 saturated heterocycles. The summed E-state index contributed by atoms with van der Waals surface area (Å²) in [5.41, 5.74) is 2.41. The molecule has 0 saturated carbocycles. The van der Waals surface area contributed by atoms with E-state index in [1.165, 1.54) is 16.7 Å². The molecule has 18 nitrogen and oxygen atoms in total. The molecule has 0 aromatic heterocycles. The largest absolute Gasteiger partial charge is 0.458 e. The third-order valence-corrected chi connectivity index (χ3v) is 22.6. The zero-order valence-corrected chi connectivity index (χ0v) is 63.8. The van der Waals surface area contributed by atoms with E-state index in [1.54, 1.807) is 27.7 Å². The number of hydrogen-bond acceptors (Lipinski definition) is 14. The summed E-state index contributed by atoms with van der Waals surface area (Å²) in [5, 5.41) is 28.6. The first-order valence-corrected chi connectivity index (χ1v) is 38.4. The average molecular weight is 1460 g/mol. The molecule has 7 aromatic carbocycles. The predicted octanol–water partition coefficient (Wildman–Crippen LogP) is 12.5. The maximum atomic E-state index is 15.6. The van der Waals surface area contributed by atoms with Gasteiger partial charge in [0.25, 0.3) is 0 Å². The molecule has 5 amide bonds. The summed E-state index contributed by atoms with van der Waals surface area (Å²) < 4.78 is 11.3. The van der Waals surface area contributed by atoms with Gasteiger partial charge in [-0.25, -0.2) is 4.79 Å². The number of nitrogens with zero attached hydrogens (tertiary/aromatic N) is 2. The average Bonchev–Trinajstić information content (AvgIpc) is 1.50. The van der Waals surface area contributed by atoms with Crippen LogP contribution >= 0.6 is 11.8 Å². The molecule has 11 atom stereocenters. The zero-order chi connectivity index (χ0) is 76.1. The number of anilines is 1. The van der Waals surface area contributed by atoms with Gasteiger partial charge in [0.1, 0.15) is 29.5 Å². The second-order valence-corrected chi connectivity index (χ2v) is 31.8. The lowest BCUT2D eigenvalue weighted by Crippen LogP contribution is -2.60. The Balaban J connectivity index is 0.897. The van der Waals surface area contributed by atoms with E-state index in [2.05, 4.69) is 26.6 Å². The lowest BCUT2D eigenvalue weighted by Gasteiger charge is -2.48. The van der Waals surface area contributed by atoms with Crippen molar-refractivity contribution in [1.82, 2.24) is 31.1 Å². The van der Waals surface area contributed by atoms with E-state index in [0.29, 0.717) is 18.4 Å². The van der Waals surface area contributed by atoms with Gasteiger partial charge >= 0.3 is 5.97 Å². The van der Waals surface area contributed by atoms with Crippen LogP contribution in [0.3, 0.4) is 0 Å². The van der Waals surface area contributed by atoms with Crippen molar-refractivity contribution in [1.29, 1.82) is 0 Å². The summed E-state index contributed by atoms with van der Waals surface area (Å²) in [4.78, 5) is 122. The number of thioether (sulfide) groups is 1. The maximum Gasteiger partial charge on any atom is 0.329 e. The van der Waals surface area contributed by atoms with Gasteiger partial charge in [-0.05, 0) is 99.2 Å². The number of Topliss-reactive ketones (excluding diaryl/α,β-unsaturated/α-hetero) is 2. The molecule has 3 heterocycles. The van der Waals surface area contributed by atoms with Crippen LogP contribution in [0.4, 0.5) is 5.69 Å². The summed E-state index contributed by atoms with van der Waals surface area (Å²) in [6.07, 6.45) is -1.11. The lowest BCUT2D eigenvalue weighted by molar-refractivity contribution is -0.160. The Bertz CT molecular complexity index is 3970. The number of rotatable bonds is 32. The first kappa shape index (κ1) is 79.3. The number of esters is 1. The number of carbonyl (C=O) groups excluding carboxylic acids is 8. The van der Waals surface area contributed by atoms with E-state index in [0.717, 1.165) is 39.1 Å². The molecule has 0 aliphatic carbocycles. The van der Waals surface area contributed by atoms with Gasteiger partial charge in [-0.1, -0.05) is 248 Å². The van der Waals surface area contributed by atoms with Crippen molar-refractivity contribution in [2.45, 2.75) is 197 Å². The fraction of sp³-hybridized carbons (Fsp3) is 0.425. The van der Waals surface area contributed by atoms with Crippen molar-refractivity contribution in [2.75, 3.05) is 24.2 Å². The third kappa shape index (κ3) is 17.7. The van der Waals surface area contributed by atoms with E-state index < -0.39 is 135 Å². The van der Waals surface area contributed by atoms with Crippen LogP contribution in [0.25, 0.3) is 0 Å². The number of fused-ring (bicyclic) bond motifs is 3. The van der Waals surface area contributed by atoms with Crippen LogP contribution in [0, 0.1) is 17.8 Å². The number of aliphatic hydroxyl groups is 1. The van der Waals surface area contributed by atoms with Crippen molar-refractivity contribution >= 4 is 64.5 Å². The number of likely N-dealkylation sites (tertiary alicyclic amines) is 2. The van der Waals surface area contributed by atoms with Crippen LogP contribution in [-0.2, 0) is 63.7 Å². The second-order valence-electron chi connectivity index (χ2n) is 30.6. The molecule has 2 fully saturated rings. The number of carbonyl (C=O) groups is 8. The normalized spacial score (nSPS) is 19.7. The van der Waals surface area contributed by atoms with E-state index >= 15 is 14.4 Å². The molecular formula is C87H105N7O11S. The molecule has 3 aliphatic rings. The summed E-state index contributed by atoms with van der Waals surface area (Å²) in [5.74, 6) is -5.93. The van der Waals surface area contributed by atoms with E-state index in [1.807, 2.05) is 260 Å². The van der Waals surface area contributed by atoms with Gasteiger partial charge in [0.2, 0.25) is 29.5 Å². The number of hydrogen-bond donors (Lipinski definition) is 6. The first-order valence-electron chi connectivity index (χ1n) is 37.4. The topological polar surface area (TPSA) is 242 Å². The van der Waals surface area contributed by atoms with Gasteiger partial charge in [-0.15, -0.1) is 11.8 Å². The molecule has 0 radical (unpaired) electrons. The quantitative estimate of drug-likeness (QED) is 0.0170. The molecule has 10 rings (SSSR count). The number of ketones is 2. The smallest absolute Gasteiger partial charge is 0.329 e. The van der Waals surface area contributed by atoms with E-state index in [4.69, 9.17) is 9.47 Å². The number of nitrogens with one attached hydrogen (secondary N) is 5. The van der Waals surface area contributed by atoms with Crippen molar-refractivity contribution < 1.29 is 52.9 Å². The molecule has 560 valence electrons. The standard InChI is InChI=1S/C87H105N7O11S/c1-12-57(4)76(91-75(98)54-88-78(99)71-53-85(103)67-47-33-34-48-68(67)90-82(85)94(71)86(60-35-21-15-22-36-60,61-37-23-16-24-38-61)62-39-25-17-26-40-62)72(95)49-50-74(97)89-69(56-106-87(63-41-27-18-28-42-63,64-43-29-19-30-44-64)65-45-31-20-32-46-65)73(96)51-59(14-3)80(101)93-55-66(104-83(6,7)8)52-70(93)79(100)92-77(58(5)13-2)81(102)105-84(9,10)11/h15-48,57-59,66,69-71,76-77,82,90,103H,12-14,49-56H2,1-11H3,(H,88,99)(H,89,97)(H,91,98)(H,92,100)/t57-,58-,59+,66+,69-,70-,71?,76-,77-,82?,85?/m0/s1. The monoisotopic (exact) mass is 1460 g/mol. The Kier molecular flexibility index (Phi) is 25.8. The van der Waals surface area contributed by atoms with Crippen LogP contribution < -0.4 is 26.6 Å². The van der Waals surface area contributed by atoms with Crippen LogP contribution in [0.5, 0.6) is 0 Å². The fourth-order valence-electron chi connectivity index (χ4n) is 15.4. The number of para-hydroxylation sites is 1. The van der Waals surface area contributed by atoms with Gasteiger partial charge in [0, 0.05) is 61.6 Å². The summed E-state index contributed by atoms with van der Waals surface area (Å²) >= 11 is 1.46. The first-order chi connectivity index (χ1) is 50.7. The third-order valence-electron chi connectivity index (χ3n) is 21.0. The van der Waals surface area contributed by atoms with Crippen LogP contribution in [0.1, 0.15) is 166 Å².